The number of carbonyl (C=O) groups is 1. The molecular formula is C13H11N3OS. The van der Waals surface area contributed by atoms with E-state index in [2.05, 4.69) is 5.10 Å². The number of hydrogen-bond acceptors (Lipinski definition) is 4. The number of benzene rings is 2. The lowest BCUT2D eigenvalue weighted by Crippen LogP contribution is -2.30. The van der Waals surface area contributed by atoms with Crippen LogP contribution in [0.15, 0.2) is 47.6 Å². The van der Waals surface area contributed by atoms with Gasteiger partial charge in [-0.15, -0.1) is 0 Å². The molecule has 1 aliphatic heterocycles. The van der Waals surface area contributed by atoms with Gasteiger partial charge in [0.1, 0.15) is 0 Å². The number of amidine groups is 1. The zero-order valence-electron chi connectivity index (χ0n) is 9.54. The standard InChI is InChI=1S/C13H11N3OS/c14-15-13-16(12(17)8-18-13)11-7-3-5-9-4-1-2-6-10(9)11/h1-7H,8,14H2/b15-13-. The van der Waals surface area contributed by atoms with Gasteiger partial charge in [-0.25, -0.2) is 0 Å². The van der Waals surface area contributed by atoms with Crippen molar-refractivity contribution in [1.82, 2.24) is 0 Å². The number of nitrogens with zero attached hydrogens (tertiary/aromatic N) is 2. The molecule has 1 aliphatic rings. The van der Waals surface area contributed by atoms with Gasteiger partial charge in [-0.1, -0.05) is 48.2 Å². The third-order valence-corrected chi connectivity index (χ3v) is 3.82. The molecule has 1 amide bonds. The fraction of sp³-hybridized carbons (Fsp3) is 0.0769. The van der Waals surface area contributed by atoms with E-state index in [1.165, 1.54) is 11.8 Å². The number of nitrogens with two attached hydrogens (primary N) is 1. The number of carbonyl (C=O) groups excluding carboxylic acids is 1. The van der Waals surface area contributed by atoms with Crippen LogP contribution in [0.2, 0.25) is 0 Å². The Balaban J connectivity index is 2.23. The van der Waals surface area contributed by atoms with Crippen LogP contribution in [0, 0.1) is 0 Å². The van der Waals surface area contributed by atoms with Crippen LogP contribution in [0.4, 0.5) is 5.69 Å². The highest BCUT2D eigenvalue weighted by molar-refractivity contribution is 8.15. The fourth-order valence-electron chi connectivity index (χ4n) is 2.10. The first-order valence-electron chi connectivity index (χ1n) is 5.52. The predicted molar refractivity (Wildman–Crippen MR) is 75.5 cm³/mol. The average molecular weight is 257 g/mol. The van der Waals surface area contributed by atoms with Crippen LogP contribution in [0.3, 0.4) is 0 Å². The molecule has 0 saturated carbocycles. The number of hydrazone groups is 1. The number of rotatable bonds is 1. The zero-order valence-corrected chi connectivity index (χ0v) is 10.4. The minimum absolute atomic E-state index is 0.0144. The Morgan fingerprint density at radius 2 is 1.94 bits per heavy atom. The van der Waals surface area contributed by atoms with Crippen LogP contribution < -0.4 is 10.7 Å². The molecule has 0 aromatic heterocycles. The van der Waals surface area contributed by atoms with E-state index >= 15 is 0 Å². The molecule has 4 nitrogen and oxygen atoms in total. The first kappa shape index (κ1) is 11.1. The van der Waals surface area contributed by atoms with Crippen LogP contribution >= 0.6 is 11.8 Å². The van der Waals surface area contributed by atoms with E-state index in [0.717, 1.165) is 16.5 Å². The SMILES string of the molecule is N/N=C1\SCC(=O)N1c1cccc2ccccc12. The van der Waals surface area contributed by atoms with E-state index in [1.807, 2.05) is 42.5 Å². The summed E-state index contributed by atoms with van der Waals surface area (Å²) in [5.41, 5.74) is 0.840. The van der Waals surface area contributed by atoms with E-state index in [-0.39, 0.29) is 5.91 Å². The second-order valence-electron chi connectivity index (χ2n) is 3.93. The molecule has 0 unspecified atom stereocenters. The highest BCUT2D eigenvalue weighted by atomic mass is 32.2. The van der Waals surface area contributed by atoms with Crippen molar-refractivity contribution in [1.29, 1.82) is 0 Å². The highest BCUT2D eigenvalue weighted by Gasteiger charge is 2.30. The summed E-state index contributed by atoms with van der Waals surface area (Å²) >= 11 is 1.36. The molecule has 0 spiro atoms. The maximum absolute atomic E-state index is 12.0. The molecule has 3 rings (SSSR count). The Morgan fingerprint density at radius 1 is 1.17 bits per heavy atom. The van der Waals surface area contributed by atoms with E-state index < -0.39 is 0 Å². The second kappa shape index (κ2) is 4.34. The molecule has 0 aliphatic carbocycles. The summed E-state index contributed by atoms with van der Waals surface area (Å²) in [6.45, 7) is 0. The largest absolute Gasteiger partial charge is 0.321 e. The van der Waals surface area contributed by atoms with E-state index in [4.69, 9.17) is 5.84 Å². The lowest BCUT2D eigenvalue weighted by atomic mass is 10.1. The summed E-state index contributed by atoms with van der Waals surface area (Å²) in [4.78, 5) is 13.5. The summed E-state index contributed by atoms with van der Waals surface area (Å²) in [6, 6.07) is 13.8. The molecule has 1 heterocycles. The molecule has 0 radical (unpaired) electrons. The maximum atomic E-state index is 12.0. The average Bonchev–Trinajstić information content (AvgIpc) is 2.79. The molecule has 2 aromatic carbocycles. The van der Waals surface area contributed by atoms with Crippen molar-refractivity contribution >= 4 is 39.3 Å². The molecule has 1 saturated heterocycles. The molecule has 0 atom stereocenters. The van der Waals surface area contributed by atoms with E-state index in [0.29, 0.717) is 10.9 Å². The maximum Gasteiger partial charge on any atom is 0.243 e. The molecular weight excluding hydrogens is 246 g/mol. The molecule has 90 valence electrons. The number of amides is 1. The lowest BCUT2D eigenvalue weighted by molar-refractivity contribution is -0.115. The molecule has 5 heteroatoms. The normalized spacial score (nSPS) is 17.9. The predicted octanol–water partition coefficient (Wildman–Crippen LogP) is 2.15. The quantitative estimate of drug-likeness (QED) is 0.629. The molecule has 0 bridgehead atoms. The second-order valence-corrected chi connectivity index (χ2v) is 4.87. The summed E-state index contributed by atoms with van der Waals surface area (Å²) < 4.78 is 0. The minimum Gasteiger partial charge on any atom is -0.321 e. The van der Waals surface area contributed by atoms with Crippen LogP contribution in [0.25, 0.3) is 10.8 Å². The van der Waals surface area contributed by atoms with Crippen LogP contribution in [0.1, 0.15) is 0 Å². The van der Waals surface area contributed by atoms with Crippen LogP contribution in [-0.2, 0) is 4.79 Å². The monoisotopic (exact) mass is 257 g/mol. The Kier molecular flexibility index (Phi) is 2.68. The van der Waals surface area contributed by atoms with Crippen molar-refractivity contribution in [2.75, 3.05) is 10.7 Å². The number of anilines is 1. The number of fused-ring (bicyclic) bond motifs is 1. The van der Waals surface area contributed by atoms with Gasteiger partial charge < -0.3 is 5.84 Å². The van der Waals surface area contributed by atoms with Gasteiger partial charge in [0.25, 0.3) is 0 Å². The van der Waals surface area contributed by atoms with Gasteiger partial charge in [0, 0.05) is 5.39 Å². The first-order chi connectivity index (χ1) is 8.81. The van der Waals surface area contributed by atoms with Crippen molar-refractivity contribution in [2.45, 2.75) is 0 Å². The number of thioether (sulfide) groups is 1. The highest BCUT2D eigenvalue weighted by Crippen LogP contribution is 2.32. The molecule has 2 aromatic rings. The molecule has 1 fully saturated rings. The Labute approximate surface area is 108 Å². The van der Waals surface area contributed by atoms with Crippen molar-refractivity contribution in [2.24, 2.45) is 10.9 Å². The number of hydrogen-bond donors (Lipinski definition) is 1. The van der Waals surface area contributed by atoms with Gasteiger partial charge in [-0.2, -0.15) is 5.10 Å². The summed E-state index contributed by atoms with van der Waals surface area (Å²) in [5, 5.41) is 6.36. The van der Waals surface area contributed by atoms with Crippen molar-refractivity contribution < 1.29 is 4.79 Å². The van der Waals surface area contributed by atoms with Gasteiger partial charge in [-0.05, 0) is 11.5 Å². The van der Waals surface area contributed by atoms with Gasteiger partial charge in [-0.3, -0.25) is 9.69 Å². The van der Waals surface area contributed by atoms with Crippen molar-refractivity contribution in [3.05, 3.63) is 42.5 Å². The third-order valence-electron chi connectivity index (χ3n) is 2.88. The van der Waals surface area contributed by atoms with Crippen molar-refractivity contribution in [3.8, 4) is 0 Å². The van der Waals surface area contributed by atoms with E-state index in [9.17, 15) is 4.79 Å². The Bertz CT molecular complexity index is 648. The van der Waals surface area contributed by atoms with Crippen molar-refractivity contribution in [3.63, 3.8) is 0 Å². The smallest absolute Gasteiger partial charge is 0.243 e. The molecule has 2 N–H and O–H groups in total. The van der Waals surface area contributed by atoms with Gasteiger partial charge in [0.05, 0.1) is 11.4 Å². The topological polar surface area (TPSA) is 58.7 Å². The minimum atomic E-state index is 0.0144. The summed E-state index contributed by atoms with van der Waals surface area (Å²) in [5.74, 6) is 5.74. The van der Waals surface area contributed by atoms with E-state index in [1.54, 1.807) is 4.90 Å². The third kappa shape index (κ3) is 1.64. The Morgan fingerprint density at radius 3 is 2.78 bits per heavy atom. The summed E-state index contributed by atoms with van der Waals surface area (Å²) in [6.07, 6.45) is 0. The van der Waals surface area contributed by atoms with Gasteiger partial charge >= 0.3 is 0 Å². The summed E-state index contributed by atoms with van der Waals surface area (Å²) in [7, 11) is 0. The zero-order chi connectivity index (χ0) is 12.5. The lowest BCUT2D eigenvalue weighted by Gasteiger charge is -2.17. The molecule has 18 heavy (non-hydrogen) atoms. The first-order valence-corrected chi connectivity index (χ1v) is 6.51. The van der Waals surface area contributed by atoms with Gasteiger partial charge in [0.15, 0.2) is 5.17 Å². The Hall–Kier alpha value is -2.01. The van der Waals surface area contributed by atoms with Crippen LogP contribution in [0.5, 0.6) is 0 Å². The fourth-order valence-corrected chi connectivity index (χ4v) is 2.88. The van der Waals surface area contributed by atoms with Gasteiger partial charge in [0.2, 0.25) is 5.91 Å². The van der Waals surface area contributed by atoms with Crippen LogP contribution in [-0.4, -0.2) is 16.8 Å².